The fourth-order valence-electron chi connectivity index (χ4n) is 5.56. The van der Waals surface area contributed by atoms with Crippen molar-refractivity contribution in [2.24, 2.45) is 0 Å². The Balaban J connectivity index is 1.54. The molecule has 0 radical (unpaired) electrons. The molecule has 4 aromatic carbocycles. The molecule has 0 bridgehead atoms. The summed E-state index contributed by atoms with van der Waals surface area (Å²) in [4.78, 5) is 0.736. The molecule has 1 aliphatic rings. The van der Waals surface area contributed by atoms with E-state index in [1.807, 2.05) is 0 Å². The maximum absolute atomic E-state index is 16.2. The van der Waals surface area contributed by atoms with Gasteiger partial charge in [0.15, 0.2) is 0 Å². The third-order valence-electron chi connectivity index (χ3n) is 7.97. The molecule has 6 aromatic rings. The van der Waals surface area contributed by atoms with Gasteiger partial charge in [-0.25, -0.2) is 0 Å². The van der Waals surface area contributed by atoms with Gasteiger partial charge in [0.05, 0.1) is 9.75 Å². The highest BCUT2D eigenvalue weighted by Crippen LogP contribution is 2.66. The Morgan fingerprint density at radius 1 is 0.408 bits per heavy atom. The van der Waals surface area contributed by atoms with Gasteiger partial charge in [0, 0.05) is 43.2 Å². The number of halogens is 6. The average Bonchev–Trinajstić information content (AvgIpc) is 3.76. The molecule has 0 spiro atoms. The lowest BCUT2D eigenvalue weighted by atomic mass is 9.94. The monoisotopic (exact) mass is 692 g/mol. The highest BCUT2D eigenvalue weighted by molar-refractivity contribution is 7.16. The van der Waals surface area contributed by atoms with Crippen LogP contribution in [0.15, 0.2) is 133 Å². The molecule has 0 saturated heterocycles. The van der Waals surface area contributed by atoms with E-state index in [-0.39, 0.29) is 9.75 Å². The molecule has 49 heavy (non-hydrogen) atoms. The lowest BCUT2D eigenvalue weighted by Crippen LogP contribution is -2.48. The molecule has 240 valence electrons. The van der Waals surface area contributed by atoms with Crippen molar-refractivity contribution in [3.8, 4) is 44.6 Å². The molecular weight excluding hydrogens is 671 g/mol. The van der Waals surface area contributed by atoms with Crippen molar-refractivity contribution < 1.29 is 26.3 Å². The minimum atomic E-state index is -5.75. The van der Waals surface area contributed by atoms with Gasteiger partial charge in [-0.2, -0.15) is 26.3 Å². The first kappa shape index (κ1) is 32.3. The quantitative estimate of drug-likeness (QED) is 0.127. The molecule has 0 N–H and O–H groups in total. The summed E-state index contributed by atoms with van der Waals surface area (Å²) in [6.07, 6.45) is 0. The third-order valence-corrected chi connectivity index (χ3v) is 10.2. The van der Waals surface area contributed by atoms with Gasteiger partial charge < -0.3 is 0 Å². The van der Waals surface area contributed by atoms with Gasteiger partial charge in [-0.3, -0.25) is 0 Å². The van der Waals surface area contributed by atoms with Crippen LogP contribution in [0.25, 0.3) is 32.0 Å². The van der Waals surface area contributed by atoms with Crippen molar-refractivity contribution in [1.82, 2.24) is 0 Å². The van der Waals surface area contributed by atoms with Crippen LogP contribution in [0, 0.1) is 23.7 Å². The molecule has 1 aliphatic carbocycles. The second kappa shape index (κ2) is 12.6. The van der Waals surface area contributed by atoms with Gasteiger partial charge in [-0.15, -0.1) is 22.7 Å². The number of hydrogen-bond donors (Lipinski definition) is 0. The van der Waals surface area contributed by atoms with Crippen LogP contribution in [0.2, 0.25) is 0 Å². The van der Waals surface area contributed by atoms with Crippen molar-refractivity contribution in [3.05, 3.63) is 165 Å². The number of benzene rings is 4. The minimum absolute atomic E-state index is 0.0428. The fraction of sp³-hybridized carbons (Fsp3) is 0.0732. The number of thiophene rings is 2. The summed E-state index contributed by atoms with van der Waals surface area (Å²) in [5, 5.41) is 0. The maximum Gasteiger partial charge on any atom is 0.380 e. The molecular formula is C41H22F6S2. The first-order chi connectivity index (χ1) is 23.6. The van der Waals surface area contributed by atoms with Crippen LogP contribution >= 0.6 is 22.7 Å². The summed E-state index contributed by atoms with van der Waals surface area (Å²) in [6.45, 7) is 0. The second-order valence-electron chi connectivity index (χ2n) is 11.1. The molecule has 2 aromatic heterocycles. The zero-order valence-electron chi connectivity index (χ0n) is 25.3. The summed E-state index contributed by atoms with van der Waals surface area (Å²) in [6, 6.07) is 37.1. The summed E-state index contributed by atoms with van der Waals surface area (Å²) in [5.41, 5.74) is -1.60. The first-order valence-corrected chi connectivity index (χ1v) is 16.6. The Morgan fingerprint density at radius 3 is 1.08 bits per heavy atom. The van der Waals surface area contributed by atoms with Crippen LogP contribution in [0.1, 0.15) is 32.0 Å². The molecule has 0 unspecified atom stereocenters. The average molecular weight is 693 g/mol. The number of alkyl halides is 6. The Hall–Kier alpha value is -5.28. The van der Waals surface area contributed by atoms with E-state index in [4.69, 9.17) is 0 Å². The van der Waals surface area contributed by atoms with Crippen molar-refractivity contribution in [1.29, 1.82) is 0 Å². The second-order valence-corrected chi connectivity index (χ2v) is 13.2. The summed E-state index contributed by atoms with van der Waals surface area (Å²) < 4.78 is 96.0. The minimum Gasteiger partial charge on any atom is -0.194 e. The molecule has 0 nitrogen and oxygen atoms in total. The molecule has 8 heteroatoms. The predicted molar refractivity (Wildman–Crippen MR) is 186 cm³/mol. The van der Waals surface area contributed by atoms with Crippen molar-refractivity contribution >= 4 is 33.8 Å². The molecule has 0 amide bonds. The Kier molecular flexibility index (Phi) is 8.32. The van der Waals surface area contributed by atoms with E-state index in [0.717, 1.165) is 22.7 Å². The van der Waals surface area contributed by atoms with Crippen LogP contribution in [0.5, 0.6) is 0 Å². The lowest BCUT2D eigenvalue weighted by molar-refractivity contribution is -0.254. The third kappa shape index (κ3) is 5.78. The largest absolute Gasteiger partial charge is 0.380 e. The Bertz CT molecular complexity index is 2130. The molecule has 2 heterocycles. The van der Waals surface area contributed by atoms with Crippen molar-refractivity contribution in [3.63, 3.8) is 0 Å². The summed E-state index contributed by atoms with van der Waals surface area (Å²) in [7, 11) is 0. The van der Waals surface area contributed by atoms with E-state index in [0.29, 0.717) is 32.0 Å². The van der Waals surface area contributed by atoms with Crippen LogP contribution in [0.4, 0.5) is 26.3 Å². The van der Waals surface area contributed by atoms with Gasteiger partial charge >= 0.3 is 17.8 Å². The molecule has 0 fully saturated rings. The van der Waals surface area contributed by atoms with E-state index in [1.165, 1.54) is 12.1 Å². The van der Waals surface area contributed by atoms with Crippen LogP contribution < -0.4 is 0 Å². The van der Waals surface area contributed by atoms with Crippen LogP contribution in [0.3, 0.4) is 0 Å². The van der Waals surface area contributed by atoms with Gasteiger partial charge in [0.1, 0.15) is 0 Å². The highest BCUT2D eigenvalue weighted by Gasteiger charge is 2.80. The zero-order valence-corrected chi connectivity index (χ0v) is 26.9. The first-order valence-electron chi connectivity index (χ1n) is 15.0. The van der Waals surface area contributed by atoms with Crippen LogP contribution in [-0.4, -0.2) is 17.8 Å². The zero-order chi connectivity index (χ0) is 34.2. The van der Waals surface area contributed by atoms with E-state index >= 15 is 26.3 Å². The summed E-state index contributed by atoms with van der Waals surface area (Å²) in [5.74, 6) is -4.82. The standard InChI is InChI=1S/C41H22F6S2/c42-39(43)37(31-25-35(29-17-9-3-10-18-29)48-33(31)23-21-27-13-5-1-6-14-27)38(40(44,45)41(39,46)47)32-26-36(30-19-11-4-12-20-30)49-34(32)24-22-28-15-7-2-8-16-28/h1-20,25-26H. The normalized spacial score (nSPS) is 15.6. The number of hydrogen-bond acceptors (Lipinski definition) is 2. The van der Waals surface area contributed by atoms with Gasteiger partial charge in [-0.05, 0) is 47.5 Å². The Morgan fingerprint density at radius 2 is 0.735 bits per heavy atom. The van der Waals surface area contributed by atoms with Crippen LogP contribution in [-0.2, 0) is 0 Å². The Labute approximate surface area is 287 Å². The molecule has 7 rings (SSSR count). The predicted octanol–water partition coefficient (Wildman–Crippen LogP) is 11.8. The van der Waals surface area contributed by atoms with E-state index in [1.54, 1.807) is 121 Å². The smallest absolute Gasteiger partial charge is 0.194 e. The molecule has 0 saturated carbocycles. The van der Waals surface area contributed by atoms with Crippen molar-refractivity contribution in [2.45, 2.75) is 17.8 Å². The number of rotatable bonds is 4. The van der Waals surface area contributed by atoms with Gasteiger partial charge in [0.25, 0.3) is 0 Å². The molecule has 0 aliphatic heterocycles. The van der Waals surface area contributed by atoms with Gasteiger partial charge in [-0.1, -0.05) is 121 Å². The highest BCUT2D eigenvalue weighted by atomic mass is 32.1. The summed E-state index contributed by atoms with van der Waals surface area (Å²) >= 11 is 1.95. The van der Waals surface area contributed by atoms with E-state index in [9.17, 15) is 0 Å². The SMILES string of the molecule is FC1(F)C(c2cc(-c3ccccc3)sc2C#Cc2ccccc2)=C(c2cc(-c3ccccc3)sc2C#Cc2ccccc2)C(F)(F)C1(F)F. The van der Waals surface area contributed by atoms with Crippen molar-refractivity contribution in [2.75, 3.05) is 0 Å². The van der Waals surface area contributed by atoms with Gasteiger partial charge in [0.2, 0.25) is 0 Å². The number of allylic oxidation sites excluding steroid dienone is 2. The lowest BCUT2D eigenvalue weighted by Gasteiger charge is -2.25. The molecule has 0 atom stereocenters. The maximum atomic E-state index is 16.2. The van der Waals surface area contributed by atoms with E-state index < -0.39 is 40.0 Å². The van der Waals surface area contributed by atoms with E-state index in [2.05, 4.69) is 23.7 Å². The fourth-order valence-corrected chi connectivity index (χ4v) is 7.61. The topological polar surface area (TPSA) is 0 Å².